The zero-order valence-electron chi connectivity index (χ0n) is 8.28. The number of fused-ring (bicyclic) bond motifs is 1. The van der Waals surface area contributed by atoms with E-state index in [-0.39, 0.29) is 35.0 Å². The number of hydrogen-bond acceptors (Lipinski definition) is 1. The molecule has 2 rings (SSSR count). The molecule has 0 atom stereocenters. The molecule has 0 aliphatic rings. The van der Waals surface area contributed by atoms with Crippen LogP contribution < -0.4 is 29.6 Å². The van der Waals surface area contributed by atoms with Crippen LogP contribution in [0.1, 0.15) is 5.56 Å². The molecule has 0 spiro atoms. The maximum absolute atomic E-state index is 2.16. The number of benzene rings is 1. The Kier molecular flexibility index (Phi) is 4.71. The fourth-order valence-electron chi connectivity index (χ4n) is 1.56. The van der Waals surface area contributed by atoms with Crippen molar-refractivity contribution in [3.63, 3.8) is 0 Å². The van der Waals surface area contributed by atoms with Crippen molar-refractivity contribution >= 4 is 10.9 Å². The third kappa shape index (κ3) is 2.15. The Labute approximate surface area is 100 Å². The third-order valence-corrected chi connectivity index (χ3v) is 2.10. The minimum atomic E-state index is 0. The number of rotatable bonds is 0. The Hall–Kier alpha value is -0.280. The van der Waals surface area contributed by atoms with Gasteiger partial charge in [0.25, 0.3) is 0 Å². The van der Waals surface area contributed by atoms with Crippen LogP contribution in [0.4, 0.5) is 0 Å². The minimum Gasteiger partial charge on any atom is -0.870 e. The maximum Gasteiger partial charge on any atom is 1.00 e. The molecule has 1 N–H and O–H groups in total. The molecule has 0 saturated heterocycles. The van der Waals surface area contributed by atoms with Gasteiger partial charge in [0.1, 0.15) is 0 Å². The molecule has 0 aliphatic heterocycles. The standard InChI is InChI=1S/C10H11N.Na.H2O/c1-8-4-3-5-9-6-7-11(2)10(8)9;;/h3-7H,1-2H3;;1H2/q;+1;/p-1. The van der Waals surface area contributed by atoms with Gasteiger partial charge in [0, 0.05) is 13.2 Å². The summed E-state index contributed by atoms with van der Waals surface area (Å²) < 4.78 is 2.16. The topological polar surface area (TPSA) is 34.9 Å². The van der Waals surface area contributed by atoms with E-state index in [1.807, 2.05) is 0 Å². The summed E-state index contributed by atoms with van der Waals surface area (Å²) in [4.78, 5) is 0. The van der Waals surface area contributed by atoms with Gasteiger partial charge < -0.3 is 10.0 Å². The number of para-hydroxylation sites is 1. The van der Waals surface area contributed by atoms with Gasteiger partial charge in [-0.2, -0.15) is 0 Å². The van der Waals surface area contributed by atoms with Gasteiger partial charge in [0.05, 0.1) is 5.52 Å². The van der Waals surface area contributed by atoms with E-state index in [1.165, 1.54) is 16.5 Å². The Balaban J connectivity index is 0.000000720. The van der Waals surface area contributed by atoms with E-state index in [0.717, 1.165) is 0 Å². The van der Waals surface area contributed by atoms with E-state index in [4.69, 9.17) is 0 Å². The minimum absolute atomic E-state index is 0. The molecule has 0 amide bonds. The van der Waals surface area contributed by atoms with Gasteiger partial charge in [-0.15, -0.1) is 0 Å². The van der Waals surface area contributed by atoms with Gasteiger partial charge in [-0.25, -0.2) is 0 Å². The monoisotopic (exact) mass is 185 g/mol. The van der Waals surface area contributed by atoms with Crippen molar-refractivity contribution < 1.29 is 35.0 Å². The van der Waals surface area contributed by atoms with Crippen molar-refractivity contribution in [2.75, 3.05) is 0 Å². The Morgan fingerprint density at radius 1 is 1.15 bits per heavy atom. The molecule has 1 heterocycles. The van der Waals surface area contributed by atoms with Crippen LogP contribution in [-0.2, 0) is 7.05 Å². The Morgan fingerprint density at radius 2 is 1.85 bits per heavy atom. The van der Waals surface area contributed by atoms with Gasteiger partial charge in [0.15, 0.2) is 0 Å². The summed E-state index contributed by atoms with van der Waals surface area (Å²) in [7, 11) is 2.08. The van der Waals surface area contributed by atoms with E-state index in [0.29, 0.717) is 0 Å². The summed E-state index contributed by atoms with van der Waals surface area (Å²) in [5, 5.41) is 1.33. The average molecular weight is 185 g/mol. The molecular weight excluding hydrogens is 173 g/mol. The molecule has 1 aromatic heterocycles. The summed E-state index contributed by atoms with van der Waals surface area (Å²) in [5.41, 5.74) is 2.68. The van der Waals surface area contributed by atoms with Crippen molar-refractivity contribution in [1.29, 1.82) is 0 Å². The van der Waals surface area contributed by atoms with Gasteiger partial charge in [0.2, 0.25) is 0 Å². The van der Waals surface area contributed by atoms with Crippen LogP contribution in [0, 0.1) is 6.92 Å². The maximum atomic E-state index is 2.16. The predicted octanol–water partition coefficient (Wildman–Crippen LogP) is -0.686. The van der Waals surface area contributed by atoms with Crippen molar-refractivity contribution in [2.45, 2.75) is 6.92 Å². The zero-order valence-corrected chi connectivity index (χ0v) is 10.3. The molecule has 13 heavy (non-hydrogen) atoms. The number of aromatic nitrogens is 1. The number of hydrogen-bond donors (Lipinski definition) is 0. The first kappa shape index (κ1) is 12.7. The fourth-order valence-corrected chi connectivity index (χ4v) is 1.56. The SMILES string of the molecule is Cc1cccc2ccn(C)c12.[Na+].[OH-]. The molecule has 0 bridgehead atoms. The molecule has 0 unspecified atom stereocenters. The number of aryl methyl sites for hydroxylation is 2. The van der Waals surface area contributed by atoms with E-state index in [2.05, 4.69) is 49.0 Å². The fraction of sp³-hybridized carbons (Fsp3) is 0.200. The molecule has 0 fully saturated rings. The first-order valence-electron chi connectivity index (χ1n) is 3.80. The van der Waals surface area contributed by atoms with Crippen molar-refractivity contribution in [2.24, 2.45) is 7.05 Å². The first-order valence-corrected chi connectivity index (χ1v) is 3.80. The molecule has 1 aromatic carbocycles. The van der Waals surface area contributed by atoms with Crippen LogP contribution in [-0.4, -0.2) is 10.0 Å². The van der Waals surface area contributed by atoms with Crippen molar-refractivity contribution in [1.82, 2.24) is 4.57 Å². The average Bonchev–Trinajstić information content (AvgIpc) is 2.34. The largest absolute Gasteiger partial charge is 1.00 e. The Bertz CT molecular complexity index is 395. The summed E-state index contributed by atoms with van der Waals surface area (Å²) >= 11 is 0. The normalized spacial score (nSPS) is 9.08. The van der Waals surface area contributed by atoms with E-state index >= 15 is 0 Å². The first-order chi connectivity index (χ1) is 5.29. The smallest absolute Gasteiger partial charge is 0.870 e. The predicted molar refractivity (Wildman–Crippen MR) is 49.6 cm³/mol. The second-order valence-corrected chi connectivity index (χ2v) is 2.94. The van der Waals surface area contributed by atoms with E-state index in [9.17, 15) is 0 Å². The molecule has 0 saturated carbocycles. The summed E-state index contributed by atoms with van der Waals surface area (Å²) in [6.07, 6.45) is 2.09. The van der Waals surface area contributed by atoms with E-state index in [1.54, 1.807) is 0 Å². The molecule has 0 radical (unpaired) electrons. The molecule has 2 nitrogen and oxygen atoms in total. The Morgan fingerprint density at radius 3 is 2.46 bits per heavy atom. The van der Waals surface area contributed by atoms with Crippen LogP contribution in [0.3, 0.4) is 0 Å². The van der Waals surface area contributed by atoms with Crippen LogP contribution in [0.2, 0.25) is 0 Å². The number of nitrogens with zero attached hydrogens (tertiary/aromatic N) is 1. The van der Waals surface area contributed by atoms with Gasteiger partial charge in [-0.05, 0) is 23.9 Å². The van der Waals surface area contributed by atoms with E-state index < -0.39 is 0 Å². The molecular formula is C10H12NNaO. The molecule has 0 aliphatic carbocycles. The van der Waals surface area contributed by atoms with Gasteiger partial charge in [-0.3, -0.25) is 0 Å². The van der Waals surface area contributed by atoms with Crippen LogP contribution >= 0.6 is 0 Å². The summed E-state index contributed by atoms with van der Waals surface area (Å²) in [6.45, 7) is 2.14. The molecule has 64 valence electrons. The zero-order chi connectivity index (χ0) is 7.84. The second-order valence-electron chi connectivity index (χ2n) is 2.94. The van der Waals surface area contributed by atoms with Crippen molar-refractivity contribution in [3.8, 4) is 0 Å². The molecule has 3 heteroatoms. The third-order valence-electron chi connectivity index (χ3n) is 2.10. The van der Waals surface area contributed by atoms with Gasteiger partial charge >= 0.3 is 29.6 Å². The van der Waals surface area contributed by atoms with Gasteiger partial charge in [-0.1, -0.05) is 18.2 Å². The van der Waals surface area contributed by atoms with Crippen LogP contribution in [0.5, 0.6) is 0 Å². The molecule has 2 aromatic rings. The van der Waals surface area contributed by atoms with Crippen LogP contribution in [0.25, 0.3) is 10.9 Å². The van der Waals surface area contributed by atoms with Crippen molar-refractivity contribution in [3.05, 3.63) is 36.0 Å². The summed E-state index contributed by atoms with van der Waals surface area (Å²) in [6, 6.07) is 8.52. The second kappa shape index (κ2) is 4.82. The quantitative estimate of drug-likeness (QED) is 0.500. The summed E-state index contributed by atoms with van der Waals surface area (Å²) in [5.74, 6) is 0. The van der Waals surface area contributed by atoms with Crippen LogP contribution in [0.15, 0.2) is 30.5 Å².